The van der Waals surface area contributed by atoms with Gasteiger partial charge < -0.3 is 33.8 Å². The predicted octanol–water partition coefficient (Wildman–Crippen LogP) is 9.94. The number of nitrogens with one attached hydrogen (secondary N) is 3. The third-order valence-electron chi connectivity index (χ3n) is 16.1. The molecule has 1 atom stereocenters. The lowest BCUT2D eigenvalue weighted by molar-refractivity contribution is -0.384. The Kier molecular flexibility index (Phi) is 14.2. The van der Waals surface area contributed by atoms with Crippen LogP contribution >= 0.6 is 0 Å². The number of carbonyl (C=O) groups excluding carboxylic acids is 1. The minimum absolute atomic E-state index is 0.0381. The number of rotatable bonds is 16. The molecule has 0 bridgehead atoms. The van der Waals surface area contributed by atoms with Gasteiger partial charge in [-0.1, -0.05) is 50.2 Å². The van der Waals surface area contributed by atoms with E-state index in [4.69, 9.17) is 18.6 Å². The molecule has 1 aliphatic carbocycles. The maximum atomic E-state index is 16.7. The van der Waals surface area contributed by atoms with Crippen molar-refractivity contribution in [3.8, 4) is 17.2 Å². The van der Waals surface area contributed by atoms with E-state index in [-0.39, 0.29) is 51.3 Å². The number of nitro groups is 1. The molecule has 6 heterocycles. The van der Waals surface area contributed by atoms with Crippen molar-refractivity contribution < 1.29 is 41.2 Å². The molecule has 3 aromatic heterocycles. The second-order valence-electron chi connectivity index (χ2n) is 21.1. The van der Waals surface area contributed by atoms with E-state index in [1.54, 1.807) is 25.4 Å². The summed E-state index contributed by atoms with van der Waals surface area (Å²) < 4.78 is 69.9. The van der Waals surface area contributed by atoms with Crippen molar-refractivity contribution in [2.45, 2.75) is 81.8 Å². The molecular formula is C56H62FN9O9S. The summed E-state index contributed by atoms with van der Waals surface area (Å²) >= 11 is 0. The topological polar surface area (TPSA) is 211 Å². The minimum atomic E-state index is -4.92. The molecule has 1 spiro atoms. The van der Waals surface area contributed by atoms with Gasteiger partial charge >= 0.3 is 0 Å². The Morgan fingerprint density at radius 2 is 1.76 bits per heavy atom. The Hall–Kier alpha value is -7.13. The number of ether oxygens (including phenoxy) is 3. The fourth-order valence-electron chi connectivity index (χ4n) is 11.9. The van der Waals surface area contributed by atoms with Crippen LogP contribution in [0.15, 0.2) is 107 Å². The molecule has 7 aromatic rings. The number of anilines is 2. The molecule has 3 saturated heterocycles. The number of fused-ring (bicyclic) bond motifs is 2. The number of piperazine rings is 1. The number of oxazole rings is 1. The number of methoxy groups -OCH3 is 1. The number of benzene rings is 4. The maximum absolute atomic E-state index is 16.7. The van der Waals surface area contributed by atoms with Crippen LogP contribution in [0.5, 0.6) is 17.2 Å². The number of sulfonamides is 1. The van der Waals surface area contributed by atoms with Crippen LogP contribution in [0.25, 0.3) is 22.1 Å². The molecule has 4 fully saturated rings. The zero-order valence-corrected chi connectivity index (χ0v) is 43.6. The fourth-order valence-corrected chi connectivity index (χ4v) is 13.1. The van der Waals surface area contributed by atoms with Crippen molar-refractivity contribution in [1.82, 2.24) is 29.5 Å². The summed E-state index contributed by atoms with van der Waals surface area (Å²) in [4.78, 5) is 44.2. The number of piperidine rings is 1. The zero-order valence-electron chi connectivity index (χ0n) is 42.8. The number of amides is 1. The number of pyridine rings is 1. The third kappa shape index (κ3) is 10.3. The first-order chi connectivity index (χ1) is 36.7. The van der Waals surface area contributed by atoms with Crippen LogP contribution in [-0.4, -0.2) is 110 Å². The molecule has 76 heavy (non-hydrogen) atoms. The quantitative estimate of drug-likeness (QED) is 0.0607. The summed E-state index contributed by atoms with van der Waals surface area (Å²) in [5, 5.41) is 16.3. The lowest BCUT2D eigenvalue weighted by Crippen LogP contribution is -2.60. The van der Waals surface area contributed by atoms with Gasteiger partial charge in [-0.2, -0.15) is 0 Å². The number of halogens is 1. The highest BCUT2D eigenvalue weighted by Crippen LogP contribution is 2.54. The molecule has 18 nitrogen and oxygen atoms in total. The molecule has 4 aromatic carbocycles. The van der Waals surface area contributed by atoms with Crippen LogP contribution in [0.4, 0.5) is 21.5 Å². The average molecular weight is 1060 g/mol. The monoisotopic (exact) mass is 1060 g/mol. The number of aromatic nitrogens is 3. The van der Waals surface area contributed by atoms with E-state index in [0.717, 1.165) is 89.0 Å². The van der Waals surface area contributed by atoms with Gasteiger partial charge in [0.15, 0.2) is 17.7 Å². The molecule has 1 saturated carbocycles. The second kappa shape index (κ2) is 21.1. The Morgan fingerprint density at radius 1 is 0.987 bits per heavy atom. The van der Waals surface area contributed by atoms with E-state index in [9.17, 15) is 23.3 Å². The SMILES string of the molecule is COc1ccc(CN2CCN(C3CC4(CCN(c5cc(Oc6cnc7[nH]ccc7c6)c(C(=O)NS(=O)(=O)c6cc([N+](=O)[O-])c(NCC7CCOCC7)c7ocnc67)cc5F)CC4)C3)C(c3ccccc3C(C)C)C2)cc1. The zero-order chi connectivity index (χ0) is 52.7. The van der Waals surface area contributed by atoms with Crippen LogP contribution in [0.1, 0.15) is 91.4 Å². The summed E-state index contributed by atoms with van der Waals surface area (Å²) in [5.74, 6) is -0.488. The van der Waals surface area contributed by atoms with Crippen molar-refractivity contribution in [2.24, 2.45) is 11.3 Å². The van der Waals surface area contributed by atoms with E-state index in [0.29, 0.717) is 55.8 Å². The standard InChI is InChI=1S/C56H62FN9O9S/c1-35(2)42-6-4-5-7-43(42)48-33-63(32-37-8-10-40(72-3)11-9-37)20-21-65(48)39-28-56(29-39)15-18-64(19-16-56)46-26-49(75-41-24-38-12-17-58-54(38)60-31-41)44(25-45(46)57)55(67)62-76(70,71)50-27-47(66(68)69)51(53-52(50)61-34-74-53)59-30-36-13-22-73-23-14-36/h4-12,17,24-27,31,34-36,39,48,59H,13-16,18-23,28-30,32-33H2,1-3H3,(H,58,60)(H,62,67). The van der Waals surface area contributed by atoms with E-state index in [1.165, 1.54) is 29.0 Å². The molecule has 3 N–H and O–H groups in total. The molecule has 1 amide bonds. The van der Waals surface area contributed by atoms with Gasteiger partial charge in [0.2, 0.25) is 0 Å². The third-order valence-corrected chi connectivity index (χ3v) is 17.4. The van der Waals surface area contributed by atoms with E-state index in [2.05, 4.69) is 80.3 Å². The number of aromatic amines is 1. The van der Waals surface area contributed by atoms with E-state index >= 15 is 4.39 Å². The average Bonchev–Trinajstić information content (AvgIpc) is 4.13. The molecule has 398 valence electrons. The molecule has 0 radical (unpaired) electrons. The first-order valence-corrected chi connectivity index (χ1v) is 27.6. The summed E-state index contributed by atoms with van der Waals surface area (Å²) in [5.41, 5.74) is 3.46. The van der Waals surface area contributed by atoms with Gasteiger partial charge in [0.25, 0.3) is 21.6 Å². The first-order valence-electron chi connectivity index (χ1n) is 26.1. The van der Waals surface area contributed by atoms with Gasteiger partial charge in [0, 0.05) is 94.8 Å². The number of H-pyrrole nitrogens is 1. The van der Waals surface area contributed by atoms with Crippen LogP contribution in [-0.2, 0) is 21.3 Å². The Balaban J connectivity index is 0.821. The van der Waals surface area contributed by atoms with Gasteiger partial charge in [-0.05, 0) is 103 Å². The summed E-state index contributed by atoms with van der Waals surface area (Å²) in [7, 11) is -3.23. The van der Waals surface area contributed by atoms with Crippen LogP contribution in [0.2, 0.25) is 0 Å². The minimum Gasteiger partial charge on any atom is -0.497 e. The smallest absolute Gasteiger partial charge is 0.297 e. The number of hydrogen-bond donors (Lipinski definition) is 3. The largest absolute Gasteiger partial charge is 0.497 e. The van der Waals surface area contributed by atoms with Gasteiger partial charge in [-0.15, -0.1) is 0 Å². The molecule has 20 heteroatoms. The normalized spacial score (nSPS) is 18.8. The van der Waals surface area contributed by atoms with Crippen molar-refractivity contribution in [1.29, 1.82) is 0 Å². The molecule has 11 rings (SSSR count). The van der Waals surface area contributed by atoms with Gasteiger partial charge in [0.1, 0.15) is 39.1 Å². The second-order valence-corrected chi connectivity index (χ2v) is 22.7. The number of nitrogens with zero attached hydrogens (tertiary/aromatic N) is 6. The van der Waals surface area contributed by atoms with E-state index in [1.807, 2.05) is 21.8 Å². The van der Waals surface area contributed by atoms with Crippen LogP contribution in [0.3, 0.4) is 0 Å². The highest BCUT2D eigenvalue weighted by Gasteiger charge is 2.50. The van der Waals surface area contributed by atoms with Crippen molar-refractivity contribution in [2.75, 3.05) is 69.8 Å². The van der Waals surface area contributed by atoms with E-state index < -0.39 is 42.8 Å². The summed E-state index contributed by atoms with van der Waals surface area (Å²) in [6.07, 6.45) is 9.38. The highest BCUT2D eigenvalue weighted by molar-refractivity contribution is 7.90. The van der Waals surface area contributed by atoms with Gasteiger partial charge in [-0.3, -0.25) is 24.7 Å². The molecule has 4 aliphatic rings. The molecular weight excluding hydrogens is 994 g/mol. The summed E-state index contributed by atoms with van der Waals surface area (Å²) in [6.45, 7) is 10.8. The van der Waals surface area contributed by atoms with Crippen molar-refractivity contribution >= 4 is 55.1 Å². The maximum Gasteiger partial charge on any atom is 0.297 e. The first kappa shape index (κ1) is 51.0. The Morgan fingerprint density at radius 3 is 2.51 bits per heavy atom. The van der Waals surface area contributed by atoms with Crippen LogP contribution in [0, 0.1) is 27.3 Å². The fraction of sp³-hybridized carbons (Fsp3) is 0.411. The van der Waals surface area contributed by atoms with Gasteiger partial charge in [-0.25, -0.2) is 27.5 Å². The van der Waals surface area contributed by atoms with Crippen molar-refractivity contribution in [3.63, 3.8) is 0 Å². The Labute approximate surface area is 440 Å². The number of hydrogen-bond acceptors (Lipinski definition) is 15. The lowest BCUT2D eigenvalue weighted by Gasteiger charge is -2.58. The van der Waals surface area contributed by atoms with Crippen LogP contribution < -0.4 is 24.4 Å². The summed E-state index contributed by atoms with van der Waals surface area (Å²) in [6, 6.07) is 24.6. The molecule has 3 aliphatic heterocycles. The lowest BCUT2D eigenvalue weighted by atomic mass is 9.59. The predicted molar refractivity (Wildman–Crippen MR) is 285 cm³/mol. The number of carbonyl (C=O) groups is 1. The highest BCUT2D eigenvalue weighted by atomic mass is 32.2. The number of nitro benzene ring substituents is 1. The van der Waals surface area contributed by atoms with Crippen molar-refractivity contribution in [3.05, 3.63) is 136 Å². The Bertz CT molecular complexity index is 3380. The molecule has 1 unspecified atom stereocenters. The van der Waals surface area contributed by atoms with Gasteiger partial charge in [0.05, 0.1) is 29.5 Å².